The Labute approximate surface area is 113 Å². The van der Waals surface area contributed by atoms with Crippen molar-refractivity contribution >= 4 is 11.8 Å². The third kappa shape index (κ3) is 2.29. The maximum atomic E-state index is 11.3. The van der Waals surface area contributed by atoms with E-state index >= 15 is 0 Å². The molecule has 3 rings (SSSR count). The van der Waals surface area contributed by atoms with Crippen molar-refractivity contribution in [3.63, 3.8) is 0 Å². The summed E-state index contributed by atoms with van der Waals surface area (Å²) >= 11 is 0. The maximum absolute atomic E-state index is 11.3. The zero-order valence-corrected chi connectivity index (χ0v) is 11.2. The highest BCUT2D eigenvalue weighted by Crippen LogP contribution is 2.37. The average Bonchev–Trinajstić information content (AvgIpc) is 2.90. The molecular weight excluding hydrogens is 242 g/mol. The summed E-state index contributed by atoms with van der Waals surface area (Å²) in [5.41, 5.74) is 0.269. The summed E-state index contributed by atoms with van der Waals surface area (Å²) in [6.45, 7) is 1.06. The summed E-state index contributed by atoms with van der Waals surface area (Å²) in [4.78, 5) is 13.7. The minimum absolute atomic E-state index is 0.269. The number of carbonyl (C=O) groups excluding carboxylic acids is 1. The number of hydrogen-bond donors (Lipinski definition) is 0. The summed E-state index contributed by atoms with van der Waals surface area (Å²) in [6.07, 6.45) is 6.53. The number of aromatic nitrogens is 2. The zero-order valence-electron chi connectivity index (χ0n) is 11.2. The van der Waals surface area contributed by atoms with Crippen LogP contribution < -0.4 is 4.90 Å². The van der Waals surface area contributed by atoms with E-state index in [1.165, 1.54) is 39.2 Å². The molecule has 0 aromatic carbocycles. The third-order valence-electron chi connectivity index (χ3n) is 4.35. The van der Waals surface area contributed by atoms with Gasteiger partial charge in [0.15, 0.2) is 11.5 Å². The monoisotopic (exact) mass is 261 g/mol. The van der Waals surface area contributed by atoms with Crippen molar-refractivity contribution in [2.45, 2.75) is 38.1 Å². The van der Waals surface area contributed by atoms with Gasteiger partial charge in [0.05, 0.1) is 7.11 Å². The van der Waals surface area contributed by atoms with E-state index < -0.39 is 5.97 Å². The first-order chi connectivity index (χ1) is 9.29. The molecule has 1 aromatic rings. The van der Waals surface area contributed by atoms with Gasteiger partial charge in [-0.1, -0.05) is 12.8 Å². The number of carbonyl (C=O) groups is 1. The fourth-order valence-corrected chi connectivity index (χ4v) is 3.38. The topological polar surface area (TPSA) is 55.3 Å². The molecule has 19 heavy (non-hydrogen) atoms. The number of anilines is 1. The van der Waals surface area contributed by atoms with Crippen LogP contribution in [0.25, 0.3) is 0 Å². The normalized spacial score (nSPS) is 26.1. The van der Waals surface area contributed by atoms with Gasteiger partial charge in [-0.3, -0.25) is 0 Å². The maximum Gasteiger partial charge on any atom is 0.358 e. The quantitative estimate of drug-likeness (QED) is 0.762. The number of ether oxygens (including phenoxy) is 1. The number of nitrogens with zero attached hydrogens (tertiary/aromatic N) is 3. The number of fused-ring (bicyclic) bond motifs is 1. The fraction of sp³-hybridized carbons (Fsp3) is 0.643. The predicted octanol–water partition coefficient (Wildman–Crippen LogP) is 2.03. The lowest BCUT2D eigenvalue weighted by Gasteiger charge is -2.32. The van der Waals surface area contributed by atoms with E-state index in [1.54, 1.807) is 6.07 Å². The van der Waals surface area contributed by atoms with Crippen LogP contribution in [0.3, 0.4) is 0 Å². The van der Waals surface area contributed by atoms with E-state index in [0.717, 1.165) is 18.3 Å². The van der Waals surface area contributed by atoms with Crippen molar-refractivity contribution in [1.29, 1.82) is 0 Å². The fourth-order valence-electron chi connectivity index (χ4n) is 3.38. The van der Waals surface area contributed by atoms with Gasteiger partial charge in [-0.2, -0.15) is 0 Å². The van der Waals surface area contributed by atoms with Gasteiger partial charge in [0.1, 0.15) is 0 Å². The molecule has 2 aliphatic rings. The molecule has 0 N–H and O–H groups in total. The predicted molar refractivity (Wildman–Crippen MR) is 71.1 cm³/mol. The first-order valence-electron chi connectivity index (χ1n) is 6.98. The van der Waals surface area contributed by atoms with E-state index in [2.05, 4.69) is 19.8 Å². The summed E-state index contributed by atoms with van der Waals surface area (Å²) in [5.74, 6) is 1.27. The van der Waals surface area contributed by atoms with Gasteiger partial charge in [0.25, 0.3) is 0 Å². The van der Waals surface area contributed by atoms with Gasteiger partial charge >= 0.3 is 5.97 Å². The van der Waals surface area contributed by atoms with Crippen LogP contribution in [0, 0.1) is 5.92 Å². The van der Waals surface area contributed by atoms with Gasteiger partial charge in [0, 0.05) is 12.6 Å². The highest BCUT2D eigenvalue weighted by atomic mass is 16.5. The Bertz CT molecular complexity index is 460. The minimum Gasteiger partial charge on any atom is -0.464 e. The molecule has 2 atom stereocenters. The van der Waals surface area contributed by atoms with E-state index in [-0.39, 0.29) is 5.69 Å². The smallest absolute Gasteiger partial charge is 0.358 e. The van der Waals surface area contributed by atoms with Crippen molar-refractivity contribution in [1.82, 2.24) is 10.2 Å². The molecule has 0 bridgehead atoms. The second-order valence-electron chi connectivity index (χ2n) is 5.36. The van der Waals surface area contributed by atoms with Gasteiger partial charge in [0.2, 0.25) is 0 Å². The Morgan fingerprint density at radius 3 is 2.84 bits per heavy atom. The van der Waals surface area contributed by atoms with E-state index in [4.69, 9.17) is 0 Å². The number of rotatable bonds is 2. The van der Waals surface area contributed by atoms with Crippen LogP contribution in [0.4, 0.5) is 5.82 Å². The van der Waals surface area contributed by atoms with Crippen LogP contribution in [0.1, 0.15) is 42.6 Å². The summed E-state index contributed by atoms with van der Waals surface area (Å²) in [5, 5.41) is 8.16. The lowest BCUT2D eigenvalue weighted by Crippen LogP contribution is -2.35. The van der Waals surface area contributed by atoms with Gasteiger partial charge in [-0.15, -0.1) is 10.2 Å². The van der Waals surface area contributed by atoms with Crippen molar-refractivity contribution in [2.24, 2.45) is 5.92 Å². The number of methoxy groups -OCH3 is 1. The molecule has 0 spiro atoms. The third-order valence-corrected chi connectivity index (χ3v) is 4.35. The van der Waals surface area contributed by atoms with E-state index in [0.29, 0.717) is 6.04 Å². The van der Waals surface area contributed by atoms with Crippen molar-refractivity contribution in [3.05, 3.63) is 17.8 Å². The Balaban J connectivity index is 1.77. The second kappa shape index (κ2) is 5.15. The molecule has 1 aliphatic carbocycles. The Morgan fingerprint density at radius 1 is 1.26 bits per heavy atom. The molecule has 2 heterocycles. The standard InChI is InChI=1S/C14H19N3O2/c1-19-14(18)11-6-7-13(16-15-11)17-9-8-10-4-2-3-5-12(10)17/h6-7,10,12H,2-5,8-9H2,1H3. The van der Waals surface area contributed by atoms with Crippen LogP contribution in [0.2, 0.25) is 0 Å². The largest absolute Gasteiger partial charge is 0.464 e. The Hall–Kier alpha value is -1.65. The van der Waals surface area contributed by atoms with Crippen LogP contribution in [-0.4, -0.2) is 35.9 Å². The first kappa shape index (κ1) is 12.4. The van der Waals surface area contributed by atoms with Gasteiger partial charge < -0.3 is 9.64 Å². The van der Waals surface area contributed by atoms with Crippen molar-refractivity contribution < 1.29 is 9.53 Å². The SMILES string of the molecule is COC(=O)c1ccc(N2CCC3CCCCC32)nn1. The number of esters is 1. The van der Waals surface area contributed by atoms with Crippen molar-refractivity contribution in [3.8, 4) is 0 Å². The molecule has 2 fully saturated rings. The van der Waals surface area contributed by atoms with Crippen molar-refractivity contribution in [2.75, 3.05) is 18.6 Å². The van der Waals surface area contributed by atoms with Gasteiger partial charge in [-0.25, -0.2) is 4.79 Å². The zero-order chi connectivity index (χ0) is 13.2. The Morgan fingerprint density at radius 2 is 2.11 bits per heavy atom. The minimum atomic E-state index is -0.434. The average molecular weight is 261 g/mol. The molecule has 1 saturated heterocycles. The molecule has 102 valence electrons. The second-order valence-corrected chi connectivity index (χ2v) is 5.36. The first-order valence-corrected chi connectivity index (χ1v) is 6.98. The molecule has 5 heteroatoms. The summed E-state index contributed by atoms with van der Waals surface area (Å²) in [6, 6.07) is 4.20. The lowest BCUT2D eigenvalue weighted by molar-refractivity contribution is 0.0592. The summed E-state index contributed by atoms with van der Waals surface area (Å²) in [7, 11) is 1.35. The van der Waals surface area contributed by atoms with Gasteiger partial charge in [-0.05, 0) is 37.3 Å². The molecule has 1 aromatic heterocycles. The van der Waals surface area contributed by atoms with Crippen LogP contribution in [0.5, 0.6) is 0 Å². The molecule has 0 amide bonds. The molecule has 0 radical (unpaired) electrons. The lowest BCUT2D eigenvalue weighted by atomic mass is 9.85. The highest BCUT2D eigenvalue weighted by Gasteiger charge is 2.36. The molecule has 2 unspecified atom stereocenters. The highest BCUT2D eigenvalue weighted by molar-refractivity contribution is 5.86. The molecule has 5 nitrogen and oxygen atoms in total. The van der Waals surface area contributed by atoms with Crippen LogP contribution in [0.15, 0.2) is 12.1 Å². The van der Waals surface area contributed by atoms with E-state index in [1.807, 2.05) is 6.07 Å². The van der Waals surface area contributed by atoms with E-state index in [9.17, 15) is 4.79 Å². The Kier molecular flexibility index (Phi) is 3.36. The molecule has 1 saturated carbocycles. The van der Waals surface area contributed by atoms with Crippen LogP contribution >= 0.6 is 0 Å². The summed E-state index contributed by atoms with van der Waals surface area (Å²) < 4.78 is 4.63. The molecule has 1 aliphatic heterocycles. The van der Waals surface area contributed by atoms with Crippen LogP contribution in [-0.2, 0) is 4.74 Å². The number of hydrogen-bond acceptors (Lipinski definition) is 5. The molecular formula is C14H19N3O2.